The Morgan fingerprint density at radius 2 is 2.00 bits per heavy atom. The van der Waals surface area contributed by atoms with E-state index in [1.807, 2.05) is 38.1 Å². The molecule has 3 aromatic heterocycles. The zero-order valence-corrected chi connectivity index (χ0v) is 16.9. The third-order valence-electron chi connectivity index (χ3n) is 5.38. The Balaban J connectivity index is 1.51. The third kappa shape index (κ3) is 2.87. The van der Waals surface area contributed by atoms with E-state index in [1.165, 1.54) is 11.5 Å². The van der Waals surface area contributed by atoms with Crippen molar-refractivity contribution in [3.8, 4) is 5.69 Å². The molecule has 8 heteroatoms. The number of benzene rings is 1. The van der Waals surface area contributed by atoms with Crippen molar-refractivity contribution < 1.29 is 4.79 Å². The molecule has 5 rings (SSSR count). The van der Waals surface area contributed by atoms with Gasteiger partial charge in [-0.1, -0.05) is 18.2 Å². The Morgan fingerprint density at radius 3 is 2.79 bits per heavy atom. The van der Waals surface area contributed by atoms with E-state index >= 15 is 0 Å². The molecule has 29 heavy (non-hydrogen) atoms. The van der Waals surface area contributed by atoms with Gasteiger partial charge in [0.05, 0.1) is 29.0 Å². The second-order valence-electron chi connectivity index (χ2n) is 7.35. The average molecular weight is 405 g/mol. The molecule has 0 fully saturated rings. The van der Waals surface area contributed by atoms with Crippen LogP contribution in [0.25, 0.3) is 15.8 Å². The van der Waals surface area contributed by atoms with Gasteiger partial charge in [-0.15, -0.1) is 0 Å². The fourth-order valence-electron chi connectivity index (χ4n) is 3.84. The van der Waals surface area contributed by atoms with Crippen LogP contribution in [0.3, 0.4) is 0 Å². The van der Waals surface area contributed by atoms with Crippen LogP contribution in [0.5, 0.6) is 0 Å². The van der Waals surface area contributed by atoms with Crippen molar-refractivity contribution in [1.29, 1.82) is 0 Å². The maximum Gasteiger partial charge on any atom is 0.275 e. The lowest BCUT2D eigenvalue weighted by molar-refractivity contribution is 0.0588. The third-order valence-corrected chi connectivity index (χ3v) is 6.24. The number of imidazole rings is 1. The summed E-state index contributed by atoms with van der Waals surface area (Å²) in [5.74, 6) is -0.147. The molecule has 4 heterocycles. The molecule has 1 amide bonds. The fraction of sp³-hybridized carbons (Fsp3) is 0.238. The first-order valence-electron chi connectivity index (χ1n) is 9.42. The molecule has 4 aromatic rings. The quantitative estimate of drug-likeness (QED) is 0.525. The van der Waals surface area contributed by atoms with Gasteiger partial charge < -0.3 is 14.0 Å². The SMILES string of the molecule is Cc1cn(-c2ccc3n(c2=O)C[C@@H](C)N(Cc2nsc4ccccc24)C3=O)cn1. The molecular weight excluding hydrogens is 386 g/mol. The highest BCUT2D eigenvalue weighted by Gasteiger charge is 2.32. The minimum absolute atomic E-state index is 0.118. The molecule has 1 aliphatic rings. The molecular formula is C21H19N5O2S. The zero-order chi connectivity index (χ0) is 20.1. The van der Waals surface area contributed by atoms with Crippen LogP contribution in [-0.2, 0) is 13.1 Å². The molecule has 7 nitrogen and oxygen atoms in total. The van der Waals surface area contributed by atoms with Gasteiger partial charge in [0.1, 0.15) is 11.4 Å². The van der Waals surface area contributed by atoms with Gasteiger partial charge in [0.15, 0.2) is 0 Å². The first-order chi connectivity index (χ1) is 14.0. The van der Waals surface area contributed by atoms with Crippen molar-refractivity contribution in [3.63, 3.8) is 0 Å². The van der Waals surface area contributed by atoms with Gasteiger partial charge in [0.2, 0.25) is 0 Å². The highest BCUT2D eigenvalue weighted by Crippen LogP contribution is 2.26. The molecule has 1 aliphatic heterocycles. The molecule has 146 valence electrons. The topological polar surface area (TPSA) is 73.0 Å². The van der Waals surface area contributed by atoms with Crippen LogP contribution in [-0.4, -0.2) is 35.3 Å². The van der Waals surface area contributed by atoms with Crippen LogP contribution < -0.4 is 5.56 Å². The monoisotopic (exact) mass is 405 g/mol. The van der Waals surface area contributed by atoms with Crippen LogP contribution in [0.4, 0.5) is 0 Å². The molecule has 0 saturated heterocycles. The lowest BCUT2D eigenvalue weighted by atomic mass is 10.1. The molecule has 0 bridgehead atoms. The number of amides is 1. The Kier molecular flexibility index (Phi) is 4.09. The summed E-state index contributed by atoms with van der Waals surface area (Å²) in [5.41, 5.74) is 2.45. The second kappa shape index (κ2) is 6.66. The largest absolute Gasteiger partial charge is 0.327 e. The van der Waals surface area contributed by atoms with Crippen LogP contribution in [0.15, 0.2) is 53.7 Å². The van der Waals surface area contributed by atoms with Gasteiger partial charge in [0.25, 0.3) is 11.5 Å². The van der Waals surface area contributed by atoms with E-state index in [-0.39, 0.29) is 17.5 Å². The standard InChI is InChI=1S/C21H19N5O2S/c1-13-9-24(12-22-13)17-7-8-18-21(28)25(14(2)10-26(18)20(17)27)11-16-15-5-3-4-6-19(15)29-23-16/h3-9,12,14H,10-11H2,1-2H3/t14-/m1/s1. The van der Waals surface area contributed by atoms with Gasteiger partial charge in [-0.3, -0.25) is 9.59 Å². The number of pyridine rings is 1. The lowest BCUT2D eigenvalue weighted by Crippen LogP contribution is -2.49. The van der Waals surface area contributed by atoms with Crippen LogP contribution >= 0.6 is 11.5 Å². The Bertz CT molecular complexity index is 1300. The van der Waals surface area contributed by atoms with Gasteiger partial charge >= 0.3 is 0 Å². The molecule has 0 saturated carbocycles. The summed E-state index contributed by atoms with van der Waals surface area (Å²) in [6.45, 7) is 4.72. The summed E-state index contributed by atoms with van der Waals surface area (Å²) in [5, 5.41) is 1.08. The molecule has 1 atom stereocenters. The zero-order valence-electron chi connectivity index (χ0n) is 16.1. The van der Waals surface area contributed by atoms with Crippen LogP contribution in [0.2, 0.25) is 0 Å². The fourth-order valence-corrected chi connectivity index (χ4v) is 4.62. The van der Waals surface area contributed by atoms with Crippen molar-refractivity contribution in [3.05, 3.63) is 76.4 Å². The molecule has 0 unspecified atom stereocenters. The Hall–Kier alpha value is -3.26. The number of hydrogen-bond donors (Lipinski definition) is 0. The molecule has 0 aliphatic carbocycles. The smallest absolute Gasteiger partial charge is 0.275 e. The number of fused-ring (bicyclic) bond motifs is 2. The number of hydrogen-bond acceptors (Lipinski definition) is 5. The van der Waals surface area contributed by atoms with Gasteiger partial charge in [-0.05, 0) is 43.6 Å². The highest BCUT2D eigenvalue weighted by molar-refractivity contribution is 7.13. The Morgan fingerprint density at radius 1 is 1.17 bits per heavy atom. The van der Waals surface area contributed by atoms with E-state index in [0.717, 1.165) is 21.5 Å². The van der Waals surface area contributed by atoms with Crippen molar-refractivity contribution in [2.45, 2.75) is 33.0 Å². The molecule has 0 radical (unpaired) electrons. The normalized spacial score (nSPS) is 16.4. The summed E-state index contributed by atoms with van der Waals surface area (Å²) in [6.07, 6.45) is 3.42. The number of aromatic nitrogens is 4. The summed E-state index contributed by atoms with van der Waals surface area (Å²) in [6, 6.07) is 11.3. The van der Waals surface area contributed by atoms with Crippen LogP contribution in [0, 0.1) is 6.92 Å². The number of aryl methyl sites for hydroxylation is 1. The first kappa shape index (κ1) is 17.8. The summed E-state index contributed by atoms with van der Waals surface area (Å²) >= 11 is 1.44. The van der Waals surface area contributed by atoms with Gasteiger partial charge in [-0.2, -0.15) is 4.37 Å². The molecule has 1 aromatic carbocycles. The summed E-state index contributed by atoms with van der Waals surface area (Å²) < 4.78 is 8.94. The van der Waals surface area contributed by atoms with Gasteiger partial charge in [-0.25, -0.2) is 4.98 Å². The number of rotatable bonds is 3. The van der Waals surface area contributed by atoms with E-state index in [4.69, 9.17) is 0 Å². The van der Waals surface area contributed by atoms with E-state index in [0.29, 0.717) is 24.5 Å². The minimum Gasteiger partial charge on any atom is -0.327 e. The maximum absolute atomic E-state index is 13.2. The van der Waals surface area contributed by atoms with Crippen LogP contribution in [0.1, 0.15) is 28.8 Å². The van der Waals surface area contributed by atoms with Gasteiger partial charge in [0, 0.05) is 24.2 Å². The predicted octanol–water partition coefficient (Wildman–Crippen LogP) is 3.00. The number of carbonyl (C=O) groups excluding carboxylic acids is 1. The van der Waals surface area contributed by atoms with Crippen molar-refractivity contribution >= 4 is 27.5 Å². The summed E-state index contributed by atoms with van der Waals surface area (Å²) in [7, 11) is 0. The highest BCUT2D eigenvalue weighted by atomic mass is 32.1. The first-order valence-corrected chi connectivity index (χ1v) is 10.2. The van der Waals surface area contributed by atoms with E-state index in [2.05, 4.69) is 9.36 Å². The predicted molar refractivity (Wildman–Crippen MR) is 112 cm³/mol. The molecule has 0 spiro atoms. The van der Waals surface area contributed by atoms with Crippen molar-refractivity contribution in [1.82, 2.24) is 23.4 Å². The molecule has 0 N–H and O–H groups in total. The van der Waals surface area contributed by atoms with E-state index in [9.17, 15) is 9.59 Å². The average Bonchev–Trinajstić information content (AvgIpc) is 3.32. The summed E-state index contributed by atoms with van der Waals surface area (Å²) in [4.78, 5) is 32.3. The second-order valence-corrected chi connectivity index (χ2v) is 8.15. The van der Waals surface area contributed by atoms with Crippen molar-refractivity contribution in [2.24, 2.45) is 0 Å². The van der Waals surface area contributed by atoms with Crippen molar-refractivity contribution in [2.75, 3.05) is 0 Å². The van der Waals surface area contributed by atoms with E-state index in [1.54, 1.807) is 38.7 Å². The maximum atomic E-state index is 13.2. The minimum atomic E-state index is -0.182. The van der Waals surface area contributed by atoms with E-state index < -0.39 is 0 Å². The number of nitrogens with zero attached hydrogens (tertiary/aromatic N) is 5. The number of carbonyl (C=O) groups is 1. The lowest BCUT2D eigenvalue weighted by Gasteiger charge is -2.35. The Labute approximate surface area is 171 Å².